The third-order valence-electron chi connectivity index (χ3n) is 4.55. The zero-order valence-corrected chi connectivity index (χ0v) is 15.2. The molecule has 26 heavy (non-hydrogen) atoms. The molecule has 0 radical (unpaired) electrons. The van der Waals surface area contributed by atoms with Crippen molar-refractivity contribution in [2.24, 2.45) is 0 Å². The number of hydrogen-bond donors (Lipinski definition) is 1. The van der Waals surface area contributed by atoms with Gasteiger partial charge in [-0.15, -0.1) is 11.3 Å². The van der Waals surface area contributed by atoms with Crippen LogP contribution in [0.3, 0.4) is 0 Å². The van der Waals surface area contributed by atoms with Crippen molar-refractivity contribution in [2.75, 3.05) is 13.1 Å². The molecule has 0 saturated carbocycles. The highest BCUT2D eigenvalue weighted by molar-refractivity contribution is 7.10. The van der Waals surface area contributed by atoms with Gasteiger partial charge >= 0.3 is 0 Å². The normalized spacial score (nSPS) is 21.9. The Kier molecular flexibility index (Phi) is 5.06. The molecule has 1 aromatic heterocycles. The molecule has 2 aromatic rings. The van der Waals surface area contributed by atoms with Gasteiger partial charge in [-0.2, -0.15) is 0 Å². The molecule has 3 heterocycles. The van der Waals surface area contributed by atoms with Gasteiger partial charge in [-0.1, -0.05) is 30.3 Å². The van der Waals surface area contributed by atoms with Crippen LogP contribution in [0.5, 0.6) is 0 Å². The standard InChI is InChI=1S/C20H21NO4S/c22-12-14-3-5-15(6-4-14)13-24-19-11-16(18-2-1-9-26-18)10-17(25-19)20(23)21-7-8-21/h1-6,9-10,16,19,22H,7-8,11-13H2/t16-,19+/m0/s1. The summed E-state index contributed by atoms with van der Waals surface area (Å²) in [4.78, 5) is 15.4. The first-order valence-corrected chi connectivity index (χ1v) is 9.62. The van der Waals surface area contributed by atoms with Gasteiger partial charge in [0.2, 0.25) is 6.29 Å². The number of aliphatic hydroxyl groups excluding tert-OH is 1. The van der Waals surface area contributed by atoms with Crippen molar-refractivity contribution in [1.82, 2.24) is 4.90 Å². The molecule has 0 spiro atoms. The summed E-state index contributed by atoms with van der Waals surface area (Å²) in [6.45, 7) is 2.03. The Morgan fingerprint density at radius 3 is 2.65 bits per heavy atom. The summed E-state index contributed by atoms with van der Waals surface area (Å²) in [6.07, 6.45) is 2.16. The van der Waals surface area contributed by atoms with Crippen LogP contribution in [-0.2, 0) is 27.5 Å². The molecule has 2 aliphatic rings. The quantitative estimate of drug-likeness (QED) is 0.793. The fourth-order valence-corrected chi connectivity index (χ4v) is 3.76. The molecule has 1 aromatic carbocycles. The summed E-state index contributed by atoms with van der Waals surface area (Å²) in [5.74, 6) is 0.476. The van der Waals surface area contributed by atoms with Crippen molar-refractivity contribution in [1.29, 1.82) is 0 Å². The third kappa shape index (κ3) is 3.98. The Balaban J connectivity index is 1.45. The second kappa shape index (κ2) is 7.61. The number of benzene rings is 1. The molecule has 136 valence electrons. The van der Waals surface area contributed by atoms with E-state index in [0.29, 0.717) is 18.8 Å². The smallest absolute Gasteiger partial charge is 0.288 e. The lowest BCUT2D eigenvalue weighted by Gasteiger charge is -2.28. The first kappa shape index (κ1) is 17.3. The van der Waals surface area contributed by atoms with Gasteiger partial charge in [0.1, 0.15) is 0 Å². The molecule has 1 amide bonds. The maximum absolute atomic E-state index is 12.4. The third-order valence-corrected chi connectivity index (χ3v) is 5.56. The molecule has 0 unspecified atom stereocenters. The van der Waals surface area contributed by atoms with Gasteiger partial charge in [0.15, 0.2) is 5.76 Å². The van der Waals surface area contributed by atoms with Crippen LogP contribution >= 0.6 is 11.3 Å². The summed E-state index contributed by atoms with van der Waals surface area (Å²) in [6, 6.07) is 11.7. The lowest BCUT2D eigenvalue weighted by molar-refractivity contribution is -0.152. The lowest BCUT2D eigenvalue weighted by atomic mass is 9.99. The van der Waals surface area contributed by atoms with Crippen LogP contribution in [0.1, 0.15) is 28.3 Å². The van der Waals surface area contributed by atoms with Crippen molar-refractivity contribution < 1.29 is 19.4 Å². The number of ether oxygens (including phenoxy) is 2. The van der Waals surface area contributed by atoms with E-state index >= 15 is 0 Å². The number of hydrogen-bond acceptors (Lipinski definition) is 5. The second-order valence-electron chi connectivity index (χ2n) is 6.51. The molecule has 5 nitrogen and oxygen atoms in total. The number of nitrogens with zero attached hydrogens (tertiary/aromatic N) is 1. The lowest BCUT2D eigenvalue weighted by Crippen LogP contribution is -2.29. The van der Waals surface area contributed by atoms with Crippen LogP contribution in [0.2, 0.25) is 0 Å². The Morgan fingerprint density at radius 1 is 1.23 bits per heavy atom. The molecule has 1 N–H and O–H groups in total. The van der Waals surface area contributed by atoms with Crippen molar-refractivity contribution in [3.63, 3.8) is 0 Å². The number of amides is 1. The van der Waals surface area contributed by atoms with Gasteiger partial charge in [0, 0.05) is 30.3 Å². The number of carbonyl (C=O) groups excluding carboxylic acids is 1. The molecule has 1 fully saturated rings. The van der Waals surface area contributed by atoms with E-state index in [1.165, 1.54) is 4.88 Å². The summed E-state index contributed by atoms with van der Waals surface area (Å²) in [5, 5.41) is 11.2. The minimum absolute atomic E-state index is 0.0299. The Labute approximate surface area is 156 Å². The average molecular weight is 371 g/mol. The summed E-state index contributed by atoms with van der Waals surface area (Å²) < 4.78 is 11.8. The highest BCUT2D eigenvalue weighted by atomic mass is 32.1. The van der Waals surface area contributed by atoms with Gasteiger partial charge in [-0.05, 0) is 28.6 Å². The Hall–Kier alpha value is -2.15. The summed E-state index contributed by atoms with van der Waals surface area (Å²) in [7, 11) is 0. The number of allylic oxidation sites excluding steroid dienone is 1. The molecular weight excluding hydrogens is 350 g/mol. The largest absolute Gasteiger partial charge is 0.459 e. The van der Waals surface area contributed by atoms with Crippen molar-refractivity contribution >= 4 is 17.2 Å². The maximum Gasteiger partial charge on any atom is 0.288 e. The van der Waals surface area contributed by atoms with Crippen molar-refractivity contribution in [2.45, 2.75) is 31.8 Å². The van der Waals surface area contributed by atoms with E-state index in [1.807, 2.05) is 41.8 Å². The number of thiophene rings is 1. The molecule has 0 bridgehead atoms. The highest BCUT2D eigenvalue weighted by Crippen LogP contribution is 2.35. The zero-order valence-electron chi connectivity index (χ0n) is 14.3. The van der Waals surface area contributed by atoms with Crippen LogP contribution in [0.4, 0.5) is 0 Å². The molecule has 1 saturated heterocycles. The molecular formula is C20H21NO4S. The van der Waals surface area contributed by atoms with Crippen LogP contribution in [0, 0.1) is 0 Å². The first-order valence-electron chi connectivity index (χ1n) is 8.74. The van der Waals surface area contributed by atoms with E-state index in [-0.39, 0.29) is 18.4 Å². The van der Waals surface area contributed by atoms with E-state index in [1.54, 1.807) is 16.2 Å². The fraction of sp³-hybridized carbons (Fsp3) is 0.350. The molecule has 4 rings (SSSR count). The van der Waals surface area contributed by atoms with E-state index in [2.05, 4.69) is 6.07 Å². The van der Waals surface area contributed by atoms with Gasteiger partial charge in [0.05, 0.1) is 13.2 Å². The van der Waals surface area contributed by atoms with E-state index in [9.17, 15) is 4.79 Å². The van der Waals surface area contributed by atoms with Crippen LogP contribution in [0.25, 0.3) is 0 Å². The van der Waals surface area contributed by atoms with Gasteiger partial charge < -0.3 is 19.5 Å². The number of aliphatic hydroxyl groups is 1. The highest BCUT2D eigenvalue weighted by Gasteiger charge is 2.34. The van der Waals surface area contributed by atoms with E-state index < -0.39 is 6.29 Å². The molecule has 2 atom stereocenters. The number of rotatable bonds is 6. The topological polar surface area (TPSA) is 58.8 Å². The first-order chi connectivity index (χ1) is 12.7. The monoisotopic (exact) mass is 371 g/mol. The molecule has 0 aliphatic carbocycles. The summed E-state index contributed by atoms with van der Waals surface area (Å²) >= 11 is 1.68. The Bertz CT molecular complexity index is 781. The van der Waals surface area contributed by atoms with Crippen molar-refractivity contribution in [3.8, 4) is 0 Å². The van der Waals surface area contributed by atoms with Crippen molar-refractivity contribution in [3.05, 3.63) is 69.6 Å². The number of carbonyl (C=O) groups is 1. The van der Waals surface area contributed by atoms with Crippen LogP contribution in [0.15, 0.2) is 53.6 Å². The predicted molar refractivity (Wildman–Crippen MR) is 98.4 cm³/mol. The molecule has 6 heteroatoms. The SMILES string of the molecule is O=C(C1=C[C@H](c2cccs2)C[C@H](OCc2ccc(CO)cc2)O1)N1CC1. The van der Waals surface area contributed by atoms with Crippen LogP contribution < -0.4 is 0 Å². The van der Waals surface area contributed by atoms with E-state index in [4.69, 9.17) is 14.6 Å². The second-order valence-corrected chi connectivity index (χ2v) is 7.49. The summed E-state index contributed by atoms with van der Waals surface area (Å²) in [5.41, 5.74) is 1.88. The van der Waals surface area contributed by atoms with Crippen LogP contribution in [-0.4, -0.2) is 35.3 Å². The molecule has 2 aliphatic heterocycles. The van der Waals surface area contributed by atoms with Gasteiger partial charge in [0.25, 0.3) is 5.91 Å². The predicted octanol–water partition coefficient (Wildman–Crippen LogP) is 3.01. The minimum Gasteiger partial charge on any atom is -0.459 e. The fourth-order valence-electron chi connectivity index (χ4n) is 2.95. The van der Waals surface area contributed by atoms with Gasteiger partial charge in [-0.25, -0.2) is 0 Å². The average Bonchev–Trinajstić information content (AvgIpc) is 3.39. The minimum atomic E-state index is -0.455. The van der Waals surface area contributed by atoms with Gasteiger partial charge in [-0.3, -0.25) is 4.79 Å². The maximum atomic E-state index is 12.4. The zero-order chi connectivity index (χ0) is 17.9. The Morgan fingerprint density at radius 2 is 2.00 bits per heavy atom. The van der Waals surface area contributed by atoms with E-state index in [0.717, 1.165) is 24.2 Å².